The Labute approximate surface area is 306 Å². The van der Waals surface area contributed by atoms with Crippen LogP contribution in [0.1, 0.15) is 36.0 Å². The second-order valence-electron chi connectivity index (χ2n) is 12.5. The highest BCUT2D eigenvalue weighted by molar-refractivity contribution is 5.94. The van der Waals surface area contributed by atoms with Gasteiger partial charge in [-0.15, -0.1) is 0 Å². The Morgan fingerprint density at radius 1 is 0.774 bits per heavy atom. The maximum Gasteiger partial charge on any atom is 0.251 e. The van der Waals surface area contributed by atoms with E-state index in [9.17, 15) is 34.4 Å². The summed E-state index contributed by atoms with van der Waals surface area (Å²) in [5, 5.41) is 40.8. The van der Waals surface area contributed by atoms with E-state index >= 15 is 0 Å². The summed E-state index contributed by atoms with van der Waals surface area (Å²) in [5.41, 5.74) is 7.69. The van der Waals surface area contributed by atoms with Crippen LogP contribution >= 0.6 is 0 Å². The maximum absolute atomic E-state index is 13.9. The van der Waals surface area contributed by atoms with Crippen molar-refractivity contribution in [2.24, 2.45) is 5.73 Å². The molecule has 0 saturated heterocycles. The van der Waals surface area contributed by atoms with Crippen molar-refractivity contribution in [1.29, 1.82) is 5.41 Å². The van der Waals surface area contributed by atoms with E-state index in [2.05, 4.69) is 21.3 Å². The van der Waals surface area contributed by atoms with Gasteiger partial charge in [-0.3, -0.25) is 24.6 Å². The summed E-state index contributed by atoms with van der Waals surface area (Å²) < 4.78 is 0. The zero-order valence-electron chi connectivity index (χ0n) is 29.3. The molecule has 15 heteroatoms. The Kier molecular flexibility index (Phi) is 14.2. The number of hydrazine groups is 1. The lowest BCUT2D eigenvalue weighted by molar-refractivity contribution is -0.629. The van der Waals surface area contributed by atoms with Gasteiger partial charge < -0.3 is 32.1 Å². The summed E-state index contributed by atoms with van der Waals surface area (Å²) in [6, 6.07) is 25.3. The number of fused-ring (bicyclic) bond motifs is 1. The molecule has 0 aromatic heterocycles. The Hall–Kier alpha value is -6.51. The Bertz CT molecular complexity index is 1890. The average Bonchev–Trinajstić information content (AvgIpc) is 3.14. The topological polar surface area (TPSA) is 233 Å². The van der Waals surface area contributed by atoms with Crippen LogP contribution in [0, 0.1) is 15.5 Å². The fourth-order valence-corrected chi connectivity index (χ4v) is 5.78. The van der Waals surface area contributed by atoms with E-state index in [1.165, 1.54) is 19.2 Å². The number of rotatable bonds is 18. The third-order valence-corrected chi connectivity index (χ3v) is 8.62. The standard InChI is InChI=1S/C38H44N8O7/c1-41-35(49)32(24-27-13-17-28-10-5-6-11-29(28)22-27)44-36(50)31(12-7-21-45(38(39)40)46(52)53)43-37(51)33(23-26-8-3-2-4-9-26)42-34(48)20-16-25-14-18-30(47)19-15-25/h2-6,8-11,13-15,17-19,22,31-33,47H,7,12,16,20-21,23-24H2,1H3,(H3,39,40)(H,41,49)(H,42,48)(H,43,51)(H,44,50)/t31-,32-,33+/m0/s1. The molecular formula is C38H44N8O7. The number of hydrogen-bond acceptors (Lipinski definition) is 8. The molecule has 15 nitrogen and oxygen atoms in total. The minimum Gasteiger partial charge on any atom is -0.508 e. The lowest BCUT2D eigenvalue weighted by Gasteiger charge is -2.26. The molecule has 53 heavy (non-hydrogen) atoms. The normalized spacial score (nSPS) is 12.5. The molecule has 0 spiro atoms. The fraction of sp³-hybridized carbons (Fsp3) is 0.289. The number of amides is 4. The zero-order chi connectivity index (χ0) is 38.3. The molecule has 3 atom stereocenters. The minimum absolute atomic E-state index is 0.0393. The monoisotopic (exact) mass is 724 g/mol. The molecule has 0 aliphatic heterocycles. The van der Waals surface area contributed by atoms with Gasteiger partial charge in [0.2, 0.25) is 23.6 Å². The van der Waals surface area contributed by atoms with Gasteiger partial charge >= 0.3 is 0 Å². The van der Waals surface area contributed by atoms with Crippen molar-refractivity contribution >= 4 is 40.4 Å². The number of guanidine groups is 1. The molecule has 278 valence electrons. The Balaban J connectivity index is 1.54. The van der Waals surface area contributed by atoms with Crippen molar-refractivity contribution in [2.45, 2.75) is 56.7 Å². The zero-order valence-corrected chi connectivity index (χ0v) is 29.3. The molecular weight excluding hydrogens is 680 g/mol. The van der Waals surface area contributed by atoms with E-state index < -0.39 is 52.7 Å². The highest BCUT2D eigenvalue weighted by Crippen LogP contribution is 2.17. The van der Waals surface area contributed by atoms with Crippen LogP contribution < -0.4 is 27.0 Å². The number of benzene rings is 4. The summed E-state index contributed by atoms with van der Waals surface area (Å²) in [5.74, 6) is -3.01. The van der Waals surface area contributed by atoms with E-state index in [0.717, 1.165) is 27.5 Å². The SMILES string of the molecule is CNC(=O)[C@H](Cc1ccc2ccccc2c1)NC(=O)[C@H](CCCN(C(=N)N)[N+](=O)[O-])NC(=O)[C@@H](Cc1ccccc1)NC(=O)CCc1ccc(O)cc1. The van der Waals surface area contributed by atoms with E-state index in [0.29, 0.717) is 11.4 Å². The molecule has 0 aliphatic carbocycles. The number of nitrogens with two attached hydrogens (primary N) is 1. The third kappa shape index (κ3) is 12.1. The van der Waals surface area contributed by atoms with Crippen molar-refractivity contribution in [1.82, 2.24) is 26.3 Å². The van der Waals surface area contributed by atoms with E-state index in [-0.39, 0.29) is 44.4 Å². The number of hydrogen-bond donors (Lipinski definition) is 7. The Morgan fingerprint density at radius 2 is 1.36 bits per heavy atom. The molecule has 4 amide bonds. The summed E-state index contributed by atoms with van der Waals surface area (Å²) >= 11 is 0. The van der Waals surface area contributed by atoms with Gasteiger partial charge in [-0.2, -0.15) is 0 Å². The lowest BCUT2D eigenvalue weighted by Crippen LogP contribution is -2.57. The highest BCUT2D eigenvalue weighted by Gasteiger charge is 2.30. The number of phenolic OH excluding ortho intramolecular Hbond substituents is 1. The molecule has 8 N–H and O–H groups in total. The van der Waals surface area contributed by atoms with Crippen LogP contribution in [0.3, 0.4) is 0 Å². The van der Waals surface area contributed by atoms with Crippen LogP contribution in [0.4, 0.5) is 0 Å². The second kappa shape index (κ2) is 19.2. The number of likely N-dealkylation sites (N-methyl/N-ethyl adjacent to an activating group) is 1. The van der Waals surface area contributed by atoms with Crippen LogP contribution in [0.25, 0.3) is 10.8 Å². The van der Waals surface area contributed by atoms with Gasteiger partial charge in [0, 0.05) is 26.3 Å². The first-order chi connectivity index (χ1) is 25.4. The van der Waals surface area contributed by atoms with Gasteiger partial charge in [0.25, 0.3) is 5.96 Å². The van der Waals surface area contributed by atoms with Crippen LogP contribution in [-0.2, 0) is 38.4 Å². The van der Waals surface area contributed by atoms with Crippen LogP contribution in [0.2, 0.25) is 0 Å². The van der Waals surface area contributed by atoms with Crippen molar-refractivity contribution in [3.05, 3.63) is 124 Å². The van der Waals surface area contributed by atoms with Gasteiger partial charge in [0.1, 0.15) is 23.9 Å². The van der Waals surface area contributed by atoms with Gasteiger partial charge in [0.05, 0.1) is 6.54 Å². The number of phenols is 1. The lowest BCUT2D eigenvalue weighted by atomic mass is 10.00. The number of aromatic hydroxyl groups is 1. The van der Waals surface area contributed by atoms with E-state index in [1.54, 1.807) is 36.4 Å². The fourth-order valence-electron chi connectivity index (χ4n) is 5.78. The summed E-state index contributed by atoms with van der Waals surface area (Å²) in [6.45, 7) is -0.334. The smallest absolute Gasteiger partial charge is 0.251 e. The molecule has 4 aromatic carbocycles. The molecule has 0 saturated carbocycles. The van der Waals surface area contributed by atoms with Gasteiger partial charge in [-0.25, -0.2) is 10.1 Å². The molecule has 0 radical (unpaired) electrons. The molecule has 0 heterocycles. The second-order valence-corrected chi connectivity index (χ2v) is 12.5. The number of nitrogens with zero attached hydrogens (tertiary/aromatic N) is 2. The first-order valence-corrected chi connectivity index (χ1v) is 17.1. The summed E-state index contributed by atoms with van der Waals surface area (Å²) in [7, 11) is 1.44. The van der Waals surface area contributed by atoms with Crippen molar-refractivity contribution in [3.8, 4) is 5.75 Å². The first-order valence-electron chi connectivity index (χ1n) is 17.1. The van der Waals surface area contributed by atoms with Crippen LogP contribution in [-0.4, -0.2) is 76.5 Å². The molecule has 0 unspecified atom stereocenters. The molecule has 4 aromatic rings. The Morgan fingerprint density at radius 3 is 2.02 bits per heavy atom. The van der Waals surface area contributed by atoms with Crippen molar-refractivity contribution in [3.63, 3.8) is 0 Å². The third-order valence-electron chi connectivity index (χ3n) is 8.62. The molecule has 4 rings (SSSR count). The largest absolute Gasteiger partial charge is 0.508 e. The summed E-state index contributed by atoms with van der Waals surface area (Å²) in [4.78, 5) is 65.4. The van der Waals surface area contributed by atoms with Crippen molar-refractivity contribution < 1.29 is 29.3 Å². The van der Waals surface area contributed by atoms with E-state index in [4.69, 9.17) is 11.1 Å². The number of nitrogens with one attached hydrogen (secondary N) is 5. The predicted molar refractivity (Wildman–Crippen MR) is 199 cm³/mol. The molecule has 0 fully saturated rings. The van der Waals surface area contributed by atoms with Gasteiger partial charge in [0.15, 0.2) is 5.03 Å². The maximum atomic E-state index is 13.9. The summed E-state index contributed by atoms with van der Waals surface area (Å²) in [6.07, 6.45) is 0.434. The predicted octanol–water partition coefficient (Wildman–Crippen LogP) is 2.33. The number of carbonyl (C=O) groups excluding carboxylic acids is 4. The average molecular weight is 725 g/mol. The molecule has 0 aliphatic rings. The quantitative estimate of drug-likeness (QED) is 0.0345. The minimum atomic E-state index is -1.29. The first kappa shape index (κ1) is 39.3. The van der Waals surface area contributed by atoms with Crippen LogP contribution in [0.15, 0.2) is 97.1 Å². The van der Waals surface area contributed by atoms with Gasteiger partial charge in [-0.1, -0.05) is 89.9 Å². The number of carbonyl (C=O) groups is 4. The number of aryl methyl sites for hydroxylation is 1. The number of nitro groups is 1. The van der Waals surface area contributed by atoms with Crippen LogP contribution in [0.5, 0.6) is 5.75 Å². The van der Waals surface area contributed by atoms with Crippen molar-refractivity contribution in [2.75, 3.05) is 13.6 Å². The van der Waals surface area contributed by atoms with E-state index in [1.807, 2.05) is 48.5 Å². The highest BCUT2D eigenvalue weighted by atomic mass is 16.7. The van der Waals surface area contributed by atoms with Gasteiger partial charge in [-0.05, 0) is 58.9 Å². The molecule has 0 bridgehead atoms.